The summed E-state index contributed by atoms with van der Waals surface area (Å²) in [6.07, 6.45) is 6.99. The van der Waals surface area contributed by atoms with E-state index in [0.29, 0.717) is 6.04 Å². The van der Waals surface area contributed by atoms with Crippen LogP contribution in [0.1, 0.15) is 49.3 Å². The second-order valence-corrected chi connectivity index (χ2v) is 7.56. The molecule has 0 amide bonds. The minimum Gasteiger partial charge on any atom is -0.487 e. The standard InChI is InChI=1S/C21H24ClNO/c22-17-8-9-20-18(14-17)19(15-21(24-20)11-4-5-12-21)23-13-10-16-6-2-1-3-7-16/h1-3,6-9,14,19,23H,4-5,10-13,15H2. The summed E-state index contributed by atoms with van der Waals surface area (Å²) < 4.78 is 6.43. The van der Waals surface area contributed by atoms with Crippen LogP contribution in [-0.2, 0) is 6.42 Å². The summed E-state index contributed by atoms with van der Waals surface area (Å²) in [6.45, 7) is 0.969. The van der Waals surface area contributed by atoms with Crippen molar-refractivity contribution in [1.82, 2.24) is 5.32 Å². The van der Waals surface area contributed by atoms with Crippen LogP contribution in [0.5, 0.6) is 5.75 Å². The molecule has 2 aliphatic rings. The number of hydrogen-bond acceptors (Lipinski definition) is 2. The Labute approximate surface area is 149 Å². The summed E-state index contributed by atoms with van der Waals surface area (Å²) in [6, 6.07) is 17.0. The molecular formula is C21H24ClNO. The minimum absolute atomic E-state index is 0.0330. The maximum atomic E-state index is 6.43. The molecule has 0 bridgehead atoms. The first-order valence-electron chi connectivity index (χ1n) is 9.00. The van der Waals surface area contributed by atoms with Crippen molar-refractivity contribution in [3.05, 3.63) is 64.7 Å². The monoisotopic (exact) mass is 341 g/mol. The van der Waals surface area contributed by atoms with Gasteiger partial charge < -0.3 is 10.1 Å². The second-order valence-electron chi connectivity index (χ2n) is 7.12. The molecule has 1 N–H and O–H groups in total. The number of rotatable bonds is 4. The number of halogens is 1. The largest absolute Gasteiger partial charge is 0.487 e. The van der Waals surface area contributed by atoms with Gasteiger partial charge in [0.1, 0.15) is 11.4 Å². The number of fused-ring (bicyclic) bond motifs is 1. The van der Waals surface area contributed by atoms with Crippen LogP contribution in [0, 0.1) is 0 Å². The van der Waals surface area contributed by atoms with E-state index in [0.717, 1.165) is 30.2 Å². The zero-order valence-electron chi connectivity index (χ0n) is 13.9. The molecule has 2 nitrogen and oxygen atoms in total. The molecule has 0 aromatic heterocycles. The summed E-state index contributed by atoms with van der Waals surface area (Å²) >= 11 is 6.24. The summed E-state index contributed by atoms with van der Waals surface area (Å²) in [5, 5.41) is 4.55. The van der Waals surface area contributed by atoms with Gasteiger partial charge in [0.25, 0.3) is 0 Å². The first kappa shape index (κ1) is 16.0. The highest BCUT2D eigenvalue weighted by molar-refractivity contribution is 6.30. The van der Waals surface area contributed by atoms with Crippen LogP contribution in [0.4, 0.5) is 0 Å². The fraction of sp³-hybridized carbons (Fsp3) is 0.429. The van der Waals surface area contributed by atoms with Gasteiger partial charge in [0.15, 0.2) is 0 Å². The van der Waals surface area contributed by atoms with Gasteiger partial charge >= 0.3 is 0 Å². The Morgan fingerprint density at radius 3 is 2.67 bits per heavy atom. The van der Waals surface area contributed by atoms with E-state index in [1.54, 1.807) is 0 Å². The number of ether oxygens (including phenoxy) is 1. The predicted octanol–water partition coefficient (Wildman–Crippen LogP) is 5.31. The molecule has 4 rings (SSSR count). The van der Waals surface area contributed by atoms with Crippen molar-refractivity contribution in [3.63, 3.8) is 0 Å². The highest BCUT2D eigenvalue weighted by Crippen LogP contribution is 2.47. The third-order valence-corrected chi connectivity index (χ3v) is 5.65. The van der Waals surface area contributed by atoms with Gasteiger partial charge in [-0.05, 0) is 62.4 Å². The van der Waals surface area contributed by atoms with E-state index in [1.807, 2.05) is 12.1 Å². The maximum absolute atomic E-state index is 6.43. The van der Waals surface area contributed by atoms with Gasteiger partial charge in [-0.15, -0.1) is 0 Å². The van der Waals surface area contributed by atoms with Gasteiger partial charge in [-0.25, -0.2) is 0 Å². The van der Waals surface area contributed by atoms with E-state index >= 15 is 0 Å². The molecule has 24 heavy (non-hydrogen) atoms. The summed E-state index contributed by atoms with van der Waals surface area (Å²) in [7, 11) is 0. The summed E-state index contributed by atoms with van der Waals surface area (Å²) in [5.41, 5.74) is 2.62. The van der Waals surface area contributed by atoms with E-state index in [4.69, 9.17) is 16.3 Å². The molecular weight excluding hydrogens is 318 g/mol. The molecule has 1 aliphatic carbocycles. The van der Waals surface area contributed by atoms with Crippen LogP contribution >= 0.6 is 11.6 Å². The number of nitrogens with one attached hydrogen (secondary N) is 1. The second kappa shape index (κ2) is 6.78. The number of benzene rings is 2. The topological polar surface area (TPSA) is 21.3 Å². The average Bonchev–Trinajstić information content (AvgIpc) is 3.04. The molecule has 1 spiro atoms. The Kier molecular flexibility index (Phi) is 4.51. The van der Waals surface area contributed by atoms with Gasteiger partial charge in [0, 0.05) is 23.0 Å². The normalized spacial score (nSPS) is 21.5. The van der Waals surface area contributed by atoms with Gasteiger partial charge in [-0.3, -0.25) is 0 Å². The van der Waals surface area contributed by atoms with Crippen LogP contribution < -0.4 is 10.1 Å². The molecule has 1 fully saturated rings. The molecule has 1 atom stereocenters. The lowest BCUT2D eigenvalue weighted by molar-refractivity contribution is 0.0369. The smallest absolute Gasteiger partial charge is 0.125 e. The summed E-state index contributed by atoms with van der Waals surface area (Å²) in [5.74, 6) is 1.02. The Morgan fingerprint density at radius 1 is 1.08 bits per heavy atom. The molecule has 1 aliphatic heterocycles. The fourth-order valence-corrected chi connectivity index (χ4v) is 4.37. The predicted molar refractivity (Wildman–Crippen MR) is 98.8 cm³/mol. The third kappa shape index (κ3) is 3.31. The van der Waals surface area contributed by atoms with Gasteiger partial charge in [-0.2, -0.15) is 0 Å². The van der Waals surface area contributed by atoms with Crippen molar-refractivity contribution in [2.75, 3.05) is 6.54 Å². The van der Waals surface area contributed by atoms with Gasteiger partial charge in [0.05, 0.1) is 0 Å². The van der Waals surface area contributed by atoms with E-state index < -0.39 is 0 Å². The molecule has 0 saturated heterocycles. The van der Waals surface area contributed by atoms with Crippen molar-refractivity contribution in [2.24, 2.45) is 0 Å². The van der Waals surface area contributed by atoms with Crippen LogP contribution in [0.2, 0.25) is 5.02 Å². The highest BCUT2D eigenvalue weighted by atomic mass is 35.5. The van der Waals surface area contributed by atoms with E-state index in [9.17, 15) is 0 Å². The van der Waals surface area contributed by atoms with Gasteiger partial charge in [0.2, 0.25) is 0 Å². The first-order chi connectivity index (χ1) is 11.7. The van der Waals surface area contributed by atoms with Crippen LogP contribution in [0.25, 0.3) is 0 Å². The molecule has 0 radical (unpaired) electrons. The minimum atomic E-state index is 0.0330. The lowest BCUT2D eigenvalue weighted by Gasteiger charge is -2.40. The van der Waals surface area contributed by atoms with Crippen LogP contribution in [-0.4, -0.2) is 12.1 Å². The molecule has 2 aromatic rings. The average molecular weight is 342 g/mol. The molecule has 1 heterocycles. The summed E-state index contributed by atoms with van der Waals surface area (Å²) in [4.78, 5) is 0. The van der Waals surface area contributed by atoms with Crippen molar-refractivity contribution >= 4 is 11.6 Å². The lowest BCUT2D eigenvalue weighted by atomic mass is 9.86. The Morgan fingerprint density at radius 2 is 1.88 bits per heavy atom. The molecule has 126 valence electrons. The van der Waals surface area contributed by atoms with Crippen molar-refractivity contribution in [2.45, 2.75) is 50.2 Å². The molecule has 1 saturated carbocycles. The van der Waals surface area contributed by atoms with E-state index in [-0.39, 0.29) is 5.60 Å². The zero-order chi connectivity index (χ0) is 16.4. The SMILES string of the molecule is Clc1ccc2c(c1)C(NCCc1ccccc1)CC1(CCCC1)O2. The third-order valence-electron chi connectivity index (χ3n) is 5.41. The molecule has 3 heteroatoms. The lowest BCUT2D eigenvalue weighted by Crippen LogP contribution is -2.42. The highest BCUT2D eigenvalue weighted by Gasteiger charge is 2.42. The Hall–Kier alpha value is -1.51. The van der Waals surface area contributed by atoms with E-state index in [1.165, 1.54) is 36.8 Å². The van der Waals surface area contributed by atoms with Gasteiger partial charge in [-0.1, -0.05) is 41.9 Å². The first-order valence-corrected chi connectivity index (χ1v) is 9.38. The molecule has 1 unspecified atom stereocenters. The quantitative estimate of drug-likeness (QED) is 0.813. The Bertz CT molecular complexity index is 694. The van der Waals surface area contributed by atoms with E-state index in [2.05, 4.69) is 41.7 Å². The van der Waals surface area contributed by atoms with Crippen LogP contribution in [0.15, 0.2) is 48.5 Å². The zero-order valence-corrected chi connectivity index (χ0v) is 14.7. The maximum Gasteiger partial charge on any atom is 0.125 e. The number of hydrogen-bond donors (Lipinski definition) is 1. The Balaban J connectivity index is 1.51. The van der Waals surface area contributed by atoms with Crippen molar-refractivity contribution in [3.8, 4) is 5.75 Å². The fourth-order valence-electron chi connectivity index (χ4n) is 4.18. The van der Waals surface area contributed by atoms with Crippen molar-refractivity contribution in [1.29, 1.82) is 0 Å². The van der Waals surface area contributed by atoms with Crippen molar-refractivity contribution < 1.29 is 4.74 Å². The molecule has 2 aromatic carbocycles. The van der Waals surface area contributed by atoms with Crippen LogP contribution in [0.3, 0.4) is 0 Å².